The van der Waals surface area contributed by atoms with Gasteiger partial charge in [0.05, 0.1) is 12.0 Å². The van der Waals surface area contributed by atoms with Gasteiger partial charge in [0.2, 0.25) is 0 Å². The van der Waals surface area contributed by atoms with E-state index < -0.39 is 10.0 Å². The van der Waals surface area contributed by atoms with Gasteiger partial charge in [-0.2, -0.15) is 0 Å². The summed E-state index contributed by atoms with van der Waals surface area (Å²) in [6.07, 6.45) is 0. The maximum atomic E-state index is 12.4. The second-order valence-electron chi connectivity index (χ2n) is 4.14. The van der Waals surface area contributed by atoms with E-state index in [4.69, 9.17) is 22.1 Å². The molecule has 0 spiro atoms. The summed E-state index contributed by atoms with van der Waals surface area (Å²) in [6, 6.07) is 8.97. The number of anilines is 2. The van der Waals surface area contributed by atoms with Crippen molar-refractivity contribution in [3.8, 4) is 5.75 Å². The van der Waals surface area contributed by atoms with Crippen molar-refractivity contribution in [3.05, 3.63) is 45.9 Å². The number of hydrogen-bond acceptors (Lipinski definition) is 4. The Labute approximate surface area is 136 Å². The first kappa shape index (κ1) is 15.9. The van der Waals surface area contributed by atoms with Crippen molar-refractivity contribution in [1.29, 1.82) is 0 Å². The fraction of sp³-hybridized carbons (Fsp3) is 0.0769. The van der Waals surface area contributed by atoms with Gasteiger partial charge < -0.3 is 10.5 Å². The smallest absolute Gasteiger partial charge is 0.262 e. The summed E-state index contributed by atoms with van der Waals surface area (Å²) in [5.74, 6) is 0.319. The van der Waals surface area contributed by atoms with E-state index >= 15 is 0 Å². The molecule has 5 nitrogen and oxygen atoms in total. The number of ether oxygens (including phenoxy) is 1. The molecule has 2 aromatic carbocycles. The van der Waals surface area contributed by atoms with Crippen LogP contribution in [0.15, 0.2) is 45.8 Å². The van der Waals surface area contributed by atoms with Crippen molar-refractivity contribution in [2.75, 3.05) is 17.6 Å². The summed E-state index contributed by atoms with van der Waals surface area (Å²) in [7, 11) is -2.33. The minimum Gasteiger partial charge on any atom is -0.494 e. The van der Waals surface area contributed by atoms with Gasteiger partial charge in [0, 0.05) is 21.2 Å². The lowest BCUT2D eigenvalue weighted by molar-refractivity contribution is 0.417. The predicted molar refractivity (Wildman–Crippen MR) is 87.4 cm³/mol. The summed E-state index contributed by atoms with van der Waals surface area (Å²) in [6.45, 7) is 0. The van der Waals surface area contributed by atoms with E-state index in [1.807, 2.05) is 0 Å². The Bertz CT molecular complexity index is 764. The lowest BCUT2D eigenvalue weighted by Gasteiger charge is -2.14. The van der Waals surface area contributed by atoms with Crippen molar-refractivity contribution >= 4 is 48.9 Å². The van der Waals surface area contributed by atoms with Crippen molar-refractivity contribution in [2.45, 2.75) is 4.90 Å². The molecule has 0 aliphatic rings. The second kappa shape index (κ2) is 6.13. The Morgan fingerprint density at radius 1 is 1.24 bits per heavy atom. The van der Waals surface area contributed by atoms with Crippen LogP contribution in [0.3, 0.4) is 0 Å². The average molecular weight is 392 g/mol. The molecule has 3 N–H and O–H groups in total. The Kier molecular flexibility index (Phi) is 4.65. The molecular formula is C13H12BrClN2O3S. The Hall–Kier alpha value is -1.44. The number of nitrogens with two attached hydrogens (primary N) is 1. The third-order valence-electron chi connectivity index (χ3n) is 2.66. The summed E-state index contributed by atoms with van der Waals surface area (Å²) in [4.78, 5) is 0.0951. The molecule has 0 radical (unpaired) electrons. The van der Waals surface area contributed by atoms with Gasteiger partial charge in [-0.3, -0.25) is 4.72 Å². The van der Waals surface area contributed by atoms with Gasteiger partial charge in [0.15, 0.2) is 0 Å². The normalized spacial score (nSPS) is 11.2. The standard InChI is InChI=1S/C13H12BrClN2O3S/c1-20-12-7-9(16)6-11(14)13(12)17-21(18,19)10-4-2-8(15)3-5-10/h2-7,17H,16H2,1H3. The van der Waals surface area contributed by atoms with Gasteiger partial charge in [-0.15, -0.1) is 0 Å². The lowest BCUT2D eigenvalue weighted by atomic mass is 10.2. The molecular weight excluding hydrogens is 380 g/mol. The Balaban J connectivity index is 2.44. The molecule has 0 amide bonds. The van der Waals surface area contributed by atoms with Crippen LogP contribution in [0.2, 0.25) is 5.02 Å². The largest absolute Gasteiger partial charge is 0.494 e. The van der Waals surface area contributed by atoms with Crippen molar-refractivity contribution < 1.29 is 13.2 Å². The number of nitrogens with one attached hydrogen (secondary N) is 1. The third-order valence-corrected chi connectivity index (χ3v) is 4.90. The molecule has 0 bridgehead atoms. The van der Waals surface area contributed by atoms with Crippen LogP contribution in [0.4, 0.5) is 11.4 Å². The number of rotatable bonds is 4. The first-order valence-electron chi connectivity index (χ1n) is 5.75. The van der Waals surface area contributed by atoms with E-state index in [1.54, 1.807) is 6.07 Å². The van der Waals surface area contributed by atoms with E-state index in [-0.39, 0.29) is 10.6 Å². The molecule has 2 rings (SSSR count). The zero-order valence-electron chi connectivity index (χ0n) is 10.9. The van der Waals surface area contributed by atoms with E-state index in [1.165, 1.54) is 37.4 Å². The van der Waals surface area contributed by atoms with Crippen LogP contribution in [0, 0.1) is 0 Å². The molecule has 0 unspecified atom stereocenters. The van der Waals surface area contributed by atoms with Crippen LogP contribution in [0.5, 0.6) is 5.75 Å². The highest BCUT2D eigenvalue weighted by atomic mass is 79.9. The molecule has 0 aliphatic carbocycles. The number of sulfonamides is 1. The zero-order valence-corrected chi connectivity index (χ0v) is 14.1. The summed E-state index contributed by atoms with van der Waals surface area (Å²) >= 11 is 9.02. The van der Waals surface area contributed by atoms with E-state index in [0.29, 0.717) is 20.9 Å². The Morgan fingerprint density at radius 2 is 1.86 bits per heavy atom. The minimum absolute atomic E-state index is 0.0951. The number of hydrogen-bond donors (Lipinski definition) is 2. The van der Waals surface area contributed by atoms with Gasteiger partial charge in [-0.1, -0.05) is 11.6 Å². The van der Waals surface area contributed by atoms with E-state index in [2.05, 4.69) is 20.7 Å². The van der Waals surface area contributed by atoms with Crippen LogP contribution < -0.4 is 15.2 Å². The zero-order chi connectivity index (χ0) is 15.6. The van der Waals surface area contributed by atoms with Crippen molar-refractivity contribution in [1.82, 2.24) is 0 Å². The van der Waals surface area contributed by atoms with Crippen molar-refractivity contribution in [3.63, 3.8) is 0 Å². The second-order valence-corrected chi connectivity index (χ2v) is 7.11. The summed E-state index contributed by atoms with van der Waals surface area (Å²) < 4.78 is 32.8. The van der Waals surface area contributed by atoms with Gasteiger partial charge in [0.25, 0.3) is 10.0 Å². The van der Waals surface area contributed by atoms with Crippen molar-refractivity contribution in [2.24, 2.45) is 0 Å². The number of halogens is 2. The molecule has 2 aromatic rings. The maximum absolute atomic E-state index is 12.4. The van der Waals surface area contributed by atoms with E-state index in [0.717, 1.165) is 0 Å². The molecule has 0 fully saturated rings. The quantitative estimate of drug-likeness (QED) is 0.782. The highest BCUT2D eigenvalue weighted by molar-refractivity contribution is 9.10. The lowest BCUT2D eigenvalue weighted by Crippen LogP contribution is -2.14. The third kappa shape index (κ3) is 3.61. The first-order valence-corrected chi connectivity index (χ1v) is 8.40. The molecule has 21 heavy (non-hydrogen) atoms. The highest BCUT2D eigenvalue weighted by Crippen LogP contribution is 2.36. The molecule has 0 saturated carbocycles. The van der Waals surface area contributed by atoms with Gasteiger partial charge in [-0.05, 0) is 46.3 Å². The molecule has 8 heteroatoms. The molecule has 0 saturated heterocycles. The monoisotopic (exact) mass is 390 g/mol. The minimum atomic E-state index is -3.76. The molecule has 0 heterocycles. The van der Waals surface area contributed by atoms with E-state index in [9.17, 15) is 8.42 Å². The molecule has 0 aliphatic heterocycles. The SMILES string of the molecule is COc1cc(N)cc(Br)c1NS(=O)(=O)c1ccc(Cl)cc1. The molecule has 112 valence electrons. The average Bonchev–Trinajstić information content (AvgIpc) is 2.42. The highest BCUT2D eigenvalue weighted by Gasteiger charge is 2.19. The maximum Gasteiger partial charge on any atom is 0.262 e. The van der Waals surface area contributed by atoms with Gasteiger partial charge in [0.1, 0.15) is 11.4 Å². The van der Waals surface area contributed by atoms with Crippen LogP contribution >= 0.6 is 27.5 Å². The Morgan fingerprint density at radius 3 is 2.43 bits per heavy atom. The summed E-state index contributed by atoms with van der Waals surface area (Å²) in [5, 5.41) is 0.459. The number of benzene rings is 2. The summed E-state index contributed by atoms with van der Waals surface area (Å²) in [5.41, 5.74) is 6.42. The first-order chi connectivity index (χ1) is 9.83. The molecule has 0 aromatic heterocycles. The fourth-order valence-corrected chi connectivity index (χ4v) is 3.58. The number of methoxy groups -OCH3 is 1. The van der Waals surface area contributed by atoms with Gasteiger partial charge in [-0.25, -0.2) is 8.42 Å². The van der Waals surface area contributed by atoms with Crippen LogP contribution in [0.25, 0.3) is 0 Å². The molecule has 0 atom stereocenters. The number of nitrogen functional groups attached to an aromatic ring is 1. The van der Waals surface area contributed by atoms with Crippen LogP contribution in [-0.2, 0) is 10.0 Å². The predicted octanol–water partition coefficient (Wildman–Crippen LogP) is 3.49. The van der Waals surface area contributed by atoms with Crippen LogP contribution in [-0.4, -0.2) is 15.5 Å². The topological polar surface area (TPSA) is 81.4 Å². The fourth-order valence-electron chi connectivity index (χ4n) is 1.67. The van der Waals surface area contributed by atoms with Crippen LogP contribution in [0.1, 0.15) is 0 Å². The van der Waals surface area contributed by atoms with Gasteiger partial charge >= 0.3 is 0 Å².